The molecule has 0 bridgehead atoms. The van der Waals surface area contributed by atoms with Gasteiger partial charge in [-0.2, -0.15) is 0 Å². The van der Waals surface area contributed by atoms with Crippen LogP contribution >= 0.6 is 11.3 Å². The molecule has 0 unspecified atom stereocenters. The summed E-state index contributed by atoms with van der Waals surface area (Å²) in [6, 6.07) is 9.45. The van der Waals surface area contributed by atoms with E-state index in [1.807, 2.05) is 35.7 Å². The lowest BCUT2D eigenvalue weighted by Crippen LogP contribution is -2.47. The molecular weight excluding hydrogens is 376 g/mol. The highest BCUT2D eigenvalue weighted by Crippen LogP contribution is 2.21. The highest BCUT2D eigenvalue weighted by molar-refractivity contribution is 7.11. The number of likely N-dealkylation sites (tertiary alicyclic amines) is 1. The summed E-state index contributed by atoms with van der Waals surface area (Å²) in [6.45, 7) is 4.33. The summed E-state index contributed by atoms with van der Waals surface area (Å²) in [4.78, 5) is 30.7. The maximum absolute atomic E-state index is 12.2. The van der Waals surface area contributed by atoms with Crippen molar-refractivity contribution in [1.29, 1.82) is 0 Å². The van der Waals surface area contributed by atoms with Crippen LogP contribution in [0.4, 0.5) is 10.5 Å². The molecule has 2 amide bonds. The molecule has 28 heavy (non-hydrogen) atoms. The van der Waals surface area contributed by atoms with E-state index in [0.29, 0.717) is 24.7 Å². The second kappa shape index (κ2) is 10.2. The number of aromatic nitrogens is 1. The third-order valence-corrected chi connectivity index (χ3v) is 5.52. The first-order valence-corrected chi connectivity index (χ1v) is 10.5. The van der Waals surface area contributed by atoms with Crippen LogP contribution in [0.2, 0.25) is 0 Å². The van der Waals surface area contributed by atoms with E-state index >= 15 is 0 Å². The normalized spacial score (nSPS) is 17.1. The zero-order chi connectivity index (χ0) is 19.8. The Labute approximate surface area is 169 Å². The summed E-state index contributed by atoms with van der Waals surface area (Å²) in [6.07, 6.45) is 3.30. The quantitative estimate of drug-likeness (QED) is 0.693. The molecule has 1 aliphatic heterocycles. The molecule has 1 atom stereocenters. The Morgan fingerprint density at radius 3 is 2.89 bits per heavy atom. The number of carbonyl (C=O) groups is 2. The minimum Gasteiger partial charge on any atom is -0.461 e. The Morgan fingerprint density at radius 2 is 2.11 bits per heavy atom. The summed E-state index contributed by atoms with van der Waals surface area (Å²) >= 11 is 1.31. The first-order chi connectivity index (χ1) is 13.7. The third-order valence-electron chi connectivity index (χ3n) is 4.65. The summed E-state index contributed by atoms with van der Waals surface area (Å²) in [5, 5.41) is 8.12. The molecule has 0 radical (unpaired) electrons. The average Bonchev–Trinajstić information content (AvgIpc) is 3.17. The Balaban J connectivity index is 1.52. The second-order valence-electron chi connectivity index (χ2n) is 6.69. The van der Waals surface area contributed by atoms with Crippen molar-refractivity contribution in [3.05, 3.63) is 46.4 Å². The first kappa shape index (κ1) is 20.3. The van der Waals surface area contributed by atoms with Gasteiger partial charge in [0, 0.05) is 30.2 Å². The molecule has 150 valence electrons. The van der Waals surface area contributed by atoms with E-state index in [0.717, 1.165) is 37.2 Å². The van der Waals surface area contributed by atoms with Gasteiger partial charge in [-0.15, -0.1) is 11.3 Å². The van der Waals surface area contributed by atoms with E-state index in [4.69, 9.17) is 4.74 Å². The number of anilines is 1. The highest BCUT2D eigenvalue weighted by atomic mass is 32.1. The number of thiazole rings is 1. The lowest BCUT2D eigenvalue weighted by molar-refractivity contribution is 0.0525. The third kappa shape index (κ3) is 5.77. The molecule has 0 spiro atoms. The second-order valence-corrected chi connectivity index (χ2v) is 7.54. The number of esters is 1. The largest absolute Gasteiger partial charge is 0.461 e. The van der Waals surface area contributed by atoms with Gasteiger partial charge in [0.05, 0.1) is 12.3 Å². The van der Waals surface area contributed by atoms with Crippen molar-refractivity contribution in [3.63, 3.8) is 0 Å². The lowest BCUT2D eigenvalue weighted by atomic mass is 10.0. The molecule has 1 aliphatic rings. The maximum atomic E-state index is 12.2. The van der Waals surface area contributed by atoms with Crippen LogP contribution in [0.15, 0.2) is 35.7 Å². The number of urea groups is 1. The number of amides is 2. The van der Waals surface area contributed by atoms with Crippen LogP contribution in [0.5, 0.6) is 0 Å². The van der Waals surface area contributed by atoms with Gasteiger partial charge in [-0.1, -0.05) is 24.6 Å². The van der Waals surface area contributed by atoms with Crippen molar-refractivity contribution in [2.75, 3.05) is 25.0 Å². The Bertz CT molecular complexity index is 781. The standard InChI is InChI=1S/C20H26N4O3S/c1-2-27-19(25)18-22-16(14-28-18)13-24-11-7-6-10-17(24)12-21-20(26)23-15-8-4-3-5-9-15/h3-5,8-9,14,17H,2,6-7,10-13H2,1H3,(H2,21,23,26)/t17-/m1/s1. The Kier molecular flexibility index (Phi) is 7.39. The monoisotopic (exact) mass is 402 g/mol. The number of hydrogen-bond acceptors (Lipinski definition) is 6. The van der Waals surface area contributed by atoms with Crippen LogP contribution in [-0.2, 0) is 11.3 Å². The summed E-state index contributed by atoms with van der Waals surface area (Å²) in [5.41, 5.74) is 1.64. The van der Waals surface area contributed by atoms with Gasteiger partial charge in [-0.25, -0.2) is 14.6 Å². The van der Waals surface area contributed by atoms with Gasteiger partial charge >= 0.3 is 12.0 Å². The van der Waals surface area contributed by atoms with Crippen LogP contribution in [-0.4, -0.2) is 47.6 Å². The molecule has 2 heterocycles. The number of benzene rings is 1. The van der Waals surface area contributed by atoms with Crippen molar-refractivity contribution >= 4 is 29.0 Å². The van der Waals surface area contributed by atoms with Gasteiger partial charge in [-0.05, 0) is 38.4 Å². The van der Waals surface area contributed by atoms with E-state index in [9.17, 15) is 9.59 Å². The number of rotatable bonds is 7. The number of hydrogen-bond donors (Lipinski definition) is 2. The fraction of sp³-hybridized carbons (Fsp3) is 0.450. The van der Waals surface area contributed by atoms with Crippen molar-refractivity contribution in [3.8, 4) is 0 Å². The van der Waals surface area contributed by atoms with E-state index in [1.54, 1.807) is 6.92 Å². The van der Waals surface area contributed by atoms with Gasteiger partial charge < -0.3 is 15.4 Å². The van der Waals surface area contributed by atoms with Crippen LogP contribution in [0.1, 0.15) is 41.7 Å². The van der Waals surface area contributed by atoms with Gasteiger partial charge in [0.2, 0.25) is 5.01 Å². The van der Waals surface area contributed by atoms with Crippen LogP contribution in [0.25, 0.3) is 0 Å². The van der Waals surface area contributed by atoms with Gasteiger partial charge in [0.1, 0.15) is 0 Å². The fourth-order valence-corrected chi connectivity index (χ4v) is 3.98. The molecule has 1 aromatic carbocycles. The van der Waals surface area contributed by atoms with Gasteiger partial charge in [-0.3, -0.25) is 4.90 Å². The Hall–Kier alpha value is -2.45. The summed E-state index contributed by atoms with van der Waals surface area (Å²) < 4.78 is 5.01. The molecule has 1 saturated heterocycles. The zero-order valence-electron chi connectivity index (χ0n) is 16.0. The SMILES string of the molecule is CCOC(=O)c1nc(CN2CCCC[C@@H]2CNC(=O)Nc2ccccc2)cs1. The van der Waals surface area contributed by atoms with Gasteiger partial charge in [0.25, 0.3) is 0 Å². The molecule has 0 saturated carbocycles. The van der Waals surface area contributed by atoms with Gasteiger partial charge in [0.15, 0.2) is 0 Å². The summed E-state index contributed by atoms with van der Waals surface area (Å²) in [7, 11) is 0. The molecule has 1 aromatic heterocycles. The molecular formula is C20H26N4O3S. The minimum absolute atomic E-state index is 0.199. The average molecular weight is 403 g/mol. The maximum Gasteiger partial charge on any atom is 0.367 e. The topological polar surface area (TPSA) is 83.6 Å². The fourth-order valence-electron chi connectivity index (χ4n) is 3.28. The Morgan fingerprint density at radius 1 is 1.29 bits per heavy atom. The molecule has 8 heteroatoms. The molecule has 2 N–H and O–H groups in total. The number of nitrogens with zero attached hydrogens (tertiary/aromatic N) is 2. The zero-order valence-corrected chi connectivity index (χ0v) is 16.8. The number of carbonyl (C=O) groups excluding carboxylic acids is 2. The van der Waals surface area contributed by atoms with Crippen molar-refractivity contribution in [2.45, 2.75) is 38.8 Å². The molecule has 3 rings (SSSR count). The lowest BCUT2D eigenvalue weighted by Gasteiger charge is -2.35. The molecule has 2 aromatic rings. The van der Waals surface area contributed by atoms with Crippen molar-refractivity contribution < 1.29 is 14.3 Å². The minimum atomic E-state index is -0.367. The van der Waals surface area contributed by atoms with E-state index in [2.05, 4.69) is 20.5 Å². The molecule has 7 nitrogen and oxygen atoms in total. The van der Waals surface area contributed by atoms with Crippen LogP contribution in [0, 0.1) is 0 Å². The van der Waals surface area contributed by atoms with Crippen LogP contribution < -0.4 is 10.6 Å². The molecule has 1 fully saturated rings. The van der Waals surface area contributed by atoms with Crippen molar-refractivity contribution in [2.24, 2.45) is 0 Å². The van der Waals surface area contributed by atoms with Crippen molar-refractivity contribution in [1.82, 2.24) is 15.2 Å². The highest BCUT2D eigenvalue weighted by Gasteiger charge is 2.24. The smallest absolute Gasteiger partial charge is 0.367 e. The predicted molar refractivity (Wildman–Crippen MR) is 110 cm³/mol. The van der Waals surface area contributed by atoms with Crippen LogP contribution in [0.3, 0.4) is 0 Å². The molecule has 0 aliphatic carbocycles. The predicted octanol–water partition coefficient (Wildman–Crippen LogP) is 3.50. The van der Waals surface area contributed by atoms with E-state index < -0.39 is 0 Å². The number of nitrogens with one attached hydrogen (secondary N) is 2. The number of ether oxygens (including phenoxy) is 1. The first-order valence-electron chi connectivity index (χ1n) is 9.61. The summed E-state index contributed by atoms with van der Waals surface area (Å²) in [5.74, 6) is -0.367. The van der Waals surface area contributed by atoms with E-state index in [-0.39, 0.29) is 18.0 Å². The van der Waals surface area contributed by atoms with E-state index in [1.165, 1.54) is 11.3 Å². The number of piperidine rings is 1. The number of para-hydroxylation sites is 1.